The standard InChI is InChI=1S/C21H23N/c1-3-21-17(2)22(15-19-12-8-5-9-13-19)16-20(21)14-18-10-6-4-7-11-18/h3-14,17,21H,1,15-16H2,2H3/b20-14+/t17-,21+/m1/s1. The van der Waals surface area contributed by atoms with Crippen LogP contribution < -0.4 is 0 Å². The van der Waals surface area contributed by atoms with Gasteiger partial charge in [0.2, 0.25) is 0 Å². The molecular formula is C21H23N. The van der Waals surface area contributed by atoms with Gasteiger partial charge >= 0.3 is 0 Å². The molecule has 0 unspecified atom stereocenters. The molecule has 2 aromatic rings. The van der Waals surface area contributed by atoms with E-state index in [9.17, 15) is 0 Å². The van der Waals surface area contributed by atoms with Gasteiger partial charge in [0.1, 0.15) is 0 Å². The van der Waals surface area contributed by atoms with E-state index < -0.39 is 0 Å². The number of hydrogen-bond donors (Lipinski definition) is 0. The first kappa shape index (κ1) is 14.8. The van der Waals surface area contributed by atoms with E-state index in [1.54, 1.807) is 0 Å². The van der Waals surface area contributed by atoms with Crippen molar-refractivity contribution in [2.75, 3.05) is 6.54 Å². The molecule has 1 fully saturated rings. The third-order valence-electron chi connectivity index (χ3n) is 4.54. The highest BCUT2D eigenvalue weighted by Gasteiger charge is 2.32. The number of hydrogen-bond acceptors (Lipinski definition) is 1. The van der Waals surface area contributed by atoms with Gasteiger partial charge < -0.3 is 0 Å². The first-order chi connectivity index (χ1) is 10.8. The molecule has 1 heteroatoms. The molecule has 2 atom stereocenters. The molecule has 1 aliphatic heterocycles. The molecule has 22 heavy (non-hydrogen) atoms. The van der Waals surface area contributed by atoms with Gasteiger partial charge in [-0.25, -0.2) is 0 Å². The molecule has 0 amide bonds. The highest BCUT2D eigenvalue weighted by molar-refractivity contribution is 5.55. The molecule has 0 saturated carbocycles. The molecule has 0 bridgehead atoms. The van der Waals surface area contributed by atoms with Crippen LogP contribution in [0.1, 0.15) is 18.1 Å². The van der Waals surface area contributed by atoms with Crippen LogP contribution in [-0.2, 0) is 6.54 Å². The van der Waals surface area contributed by atoms with E-state index in [4.69, 9.17) is 0 Å². The molecule has 1 nitrogen and oxygen atoms in total. The third kappa shape index (κ3) is 3.20. The maximum absolute atomic E-state index is 4.06. The summed E-state index contributed by atoms with van der Waals surface area (Å²) in [4.78, 5) is 2.54. The zero-order chi connectivity index (χ0) is 15.4. The minimum Gasteiger partial charge on any atom is -0.292 e. The second-order valence-corrected chi connectivity index (χ2v) is 6.02. The fraction of sp³-hybridized carbons (Fsp3) is 0.238. The van der Waals surface area contributed by atoms with E-state index in [0.29, 0.717) is 12.0 Å². The van der Waals surface area contributed by atoms with Gasteiger partial charge in [-0.1, -0.05) is 72.8 Å². The van der Waals surface area contributed by atoms with Crippen molar-refractivity contribution in [1.29, 1.82) is 0 Å². The van der Waals surface area contributed by atoms with Crippen molar-refractivity contribution in [3.05, 3.63) is 90.0 Å². The van der Waals surface area contributed by atoms with Crippen LogP contribution in [-0.4, -0.2) is 17.5 Å². The molecule has 1 aliphatic rings. The first-order valence-corrected chi connectivity index (χ1v) is 7.94. The Bertz CT molecular complexity index is 642. The van der Waals surface area contributed by atoms with Gasteiger partial charge in [-0.05, 0) is 23.6 Å². The molecule has 0 N–H and O–H groups in total. The Balaban J connectivity index is 1.81. The Morgan fingerprint density at radius 3 is 2.32 bits per heavy atom. The quantitative estimate of drug-likeness (QED) is 0.732. The molecule has 1 heterocycles. The van der Waals surface area contributed by atoms with E-state index in [0.717, 1.165) is 13.1 Å². The Kier molecular flexibility index (Phi) is 4.55. The Morgan fingerprint density at radius 2 is 1.68 bits per heavy atom. The van der Waals surface area contributed by atoms with E-state index in [1.165, 1.54) is 16.7 Å². The lowest BCUT2D eigenvalue weighted by molar-refractivity contribution is 0.246. The molecule has 3 rings (SSSR count). The van der Waals surface area contributed by atoms with Gasteiger partial charge in [0.05, 0.1) is 0 Å². The van der Waals surface area contributed by atoms with Gasteiger partial charge in [0, 0.05) is 25.0 Å². The largest absolute Gasteiger partial charge is 0.292 e. The molecule has 0 aromatic heterocycles. The SMILES string of the molecule is C=C[C@@H]1/C(=C/c2ccccc2)CN(Cc2ccccc2)[C@@H]1C. The van der Waals surface area contributed by atoms with E-state index in [-0.39, 0.29) is 0 Å². The summed E-state index contributed by atoms with van der Waals surface area (Å²) in [7, 11) is 0. The van der Waals surface area contributed by atoms with Crippen LogP contribution in [0.25, 0.3) is 6.08 Å². The number of rotatable bonds is 4. The summed E-state index contributed by atoms with van der Waals surface area (Å²) in [5, 5.41) is 0. The van der Waals surface area contributed by atoms with E-state index >= 15 is 0 Å². The van der Waals surface area contributed by atoms with Crippen LogP contribution in [0.2, 0.25) is 0 Å². The lowest BCUT2D eigenvalue weighted by atomic mass is 9.95. The normalized spacial score (nSPS) is 23.8. The van der Waals surface area contributed by atoms with E-state index in [1.807, 2.05) is 0 Å². The average Bonchev–Trinajstić information content (AvgIpc) is 2.84. The topological polar surface area (TPSA) is 3.24 Å². The number of benzene rings is 2. The van der Waals surface area contributed by atoms with Crippen molar-refractivity contribution in [1.82, 2.24) is 4.90 Å². The van der Waals surface area contributed by atoms with Crippen LogP contribution in [0.3, 0.4) is 0 Å². The van der Waals surface area contributed by atoms with Gasteiger partial charge in [-0.15, -0.1) is 6.58 Å². The predicted molar refractivity (Wildman–Crippen MR) is 94.4 cm³/mol. The minimum absolute atomic E-state index is 0.434. The molecule has 1 saturated heterocycles. The fourth-order valence-electron chi connectivity index (χ4n) is 3.29. The molecule has 2 aromatic carbocycles. The van der Waals surface area contributed by atoms with Crippen LogP contribution in [0, 0.1) is 5.92 Å². The number of likely N-dealkylation sites (tertiary alicyclic amines) is 1. The van der Waals surface area contributed by atoms with Crippen LogP contribution in [0.5, 0.6) is 0 Å². The zero-order valence-corrected chi connectivity index (χ0v) is 13.2. The van der Waals surface area contributed by atoms with Gasteiger partial charge in [-0.3, -0.25) is 4.90 Å². The Hall–Kier alpha value is -2.12. The summed E-state index contributed by atoms with van der Waals surface area (Å²) in [6, 6.07) is 21.8. The summed E-state index contributed by atoms with van der Waals surface area (Å²) in [6.07, 6.45) is 4.43. The second kappa shape index (κ2) is 6.76. The van der Waals surface area contributed by atoms with Crippen molar-refractivity contribution >= 4 is 6.08 Å². The smallest absolute Gasteiger partial charge is 0.0240 e. The van der Waals surface area contributed by atoms with Gasteiger partial charge in [-0.2, -0.15) is 0 Å². The second-order valence-electron chi connectivity index (χ2n) is 6.02. The Labute approximate surface area is 133 Å². The molecular weight excluding hydrogens is 266 g/mol. The van der Waals surface area contributed by atoms with Crippen LogP contribution >= 0.6 is 0 Å². The summed E-state index contributed by atoms with van der Waals surface area (Å²) in [6.45, 7) is 8.38. The summed E-state index contributed by atoms with van der Waals surface area (Å²) < 4.78 is 0. The number of nitrogens with zero attached hydrogens (tertiary/aromatic N) is 1. The molecule has 112 valence electrons. The molecule has 0 spiro atoms. The highest BCUT2D eigenvalue weighted by Crippen LogP contribution is 2.32. The monoisotopic (exact) mass is 289 g/mol. The maximum atomic E-state index is 4.06. The van der Waals surface area contributed by atoms with Crippen LogP contribution in [0.15, 0.2) is 78.9 Å². The summed E-state index contributed by atoms with van der Waals surface area (Å²) >= 11 is 0. The van der Waals surface area contributed by atoms with Crippen molar-refractivity contribution in [2.45, 2.75) is 19.5 Å². The van der Waals surface area contributed by atoms with Gasteiger partial charge in [0.25, 0.3) is 0 Å². The van der Waals surface area contributed by atoms with Crippen molar-refractivity contribution in [3.63, 3.8) is 0 Å². The minimum atomic E-state index is 0.434. The predicted octanol–water partition coefficient (Wildman–Crippen LogP) is 4.78. The summed E-state index contributed by atoms with van der Waals surface area (Å²) in [5.74, 6) is 0.434. The highest BCUT2D eigenvalue weighted by atomic mass is 15.2. The lowest BCUT2D eigenvalue weighted by Crippen LogP contribution is -2.28. The third-order valence-corrected chi connectivity index (χ3v) is 4.54. The van der Waals surface area contributed by atoms with Crippen molar-refractivity contribution in [3.8, 4) is 0 Å². The maximum Gasteiger partial charge on any atom is 0.0240 e. The fourth-order valence-corrected chi connectivity index (χ4v) is 3.29. The molecule has 0 aliphatic carbocycles. The average molecular weight is 289 g/mol. The first-order valence-electron chi connectivity index (χ1n) is 7.94. The van der Waals surface area contributed by atoms with Crippen molar-refractivity contribution < 1.29 is 0 Å². The van der Waals surface area contributed by atoms with Gasteiger partial charge in [0.15, 0.2) is 0 Å². The summed E-state index contributed by atoms with van der Waals surface area (Å²) in [5.41, 5.74) is 4.11. The lowest BCUT2D eigenvalue weighted by Gasteiger charge is -2.22. The Morgan fingerprint density at radius 1 is 1.05 bits per heavy atom. The van der Waals surface area contributed by atoms with Crippen molar-refractivity contribution in [2.24, 2.45) is 5.92 Å². The van der Waals surface area contributed by atoms with E-state index in [2.05, 4.69) is 91.2 Å². The molecule has 0 radical (unpaired) electrons. The van der Waals surface area contributed by atoms with Crippen LogP contribution in [0.4, 0.5) is 0 Å². The zero-order valence-electron chi connectivity index (χ0n) is 13.2.